The molecule has 1 aromatic carbocycles. The molecule has 0 bridgehead atoms. The highest BCUT2D eigenvalue weighted by Gasteiger charge is 2.15. The van der Waals surface area contributed by atoms with E-state index in [9.17, 15) is 10.1 Å². The topological polar surface area (TPSA) is 98.4 Å². The van der Waals surface area contributed by atoms with E-state index in [1.807, 2.05) is 24.3 Å². The molecule has 4 N–H and O–H groups in total. The summed E-state index contributed by atoms with van der Waals surface area (Å²) >= 11 is 0. The third-order valence-corrected chi connectivity index (χ3v) is 2.59. The van der Waals surface area contributed by atoms with E-state index in [-0.39, 0.29) is 6.54 Å². The van der Waals surface area contributed by atoms with Gasteiger partial charge < -0.3 is 11.5 Å². The zero-order valence-corrected chi connectivity index (χ0v) is 9.87. The summed E-state index contributed by atoms with van der Waals surface area (Å²) in [6, 6.07) is 7.81. The van der Waals surface area contributed by atoms with Crippen LogP contribution in [-0.4, -0.2) is 29.6 Å². The highest BCUT2D eigenvalue weighted by molar-refractivity contribution is 5.22. The minimum Gasteiger partial charge on any atom is -0.326 e. The number of nitrogens with zero attached hydrogens (tertiary/aromatic N) is 2. The Morgan fingerprint density at radius 2 is 1.88 bits per heavy atom. The monoisotopic (exact) mass is 238 g/mol. The van der Waals surface area contributed by atoms with Crippen molar-refractivity contribution in [2.75, 3.05) is 13.6 Å². The number of hydrogen-bond acceptors (Lipinski definition) is 5. The maximum Gasteiger partial charge on any atom is 0.231 e. The van der Waals surface area contributed by atoms with Crippen molar-refractivity contribution in [3.05, 3.63) is 45.5 Å². The smallest absolute Gasteiger partial charge is 0.231 e. The Hall–Kier alpha value is -1.50. The van der Waals surface area contributed by atoms with Crippen molar-refractivity contribution in [1.82, 2.24) is 4.90 Å². The average molecular weight is 238 g/mol. The van der Waals surface area contributed by atoms with Crippen LogP contribution in [0.2, 0.25) is 0 Å². The number of hydrogen-bond donors (Lipinski definition) is 2. The molecule has 0 aliphatic carbocycles. The Morgan fingerprint density at radius 1 is 1.35 bits per heavy atom. The van der Waals surface area contributed by atoms with Crippen LogP contribution in [0.4, 0.5) is 0 Å². The molecule has 1 unspecified atom stereocenters. The average Bonchev–Trinajstić information content (AvgIpc) is 2.29. The molecule has 1 rings (SSSR count). The van der Waals surface area contributed by atoms with E-state index >= 15 is 0 Å². The first-order valence-electron chi connectivity index (χ1n) is 5.38. The fourth-order valence-electron chi connectivity index (χ4n) is 1.48. The molecular weight excluding hydrogens is 220 g/mol. The van der Waals surface area contributed by atoms with Crippen molar-refractivity contribution in [2.45, 2.75) is 19.3 Å². The summed E-state index contributed by atoms with van der Waals surface area (Å²) in [5.74, 6) is 0. The van der Waals surface area contributed by atoms with Crippen LogP contribution < -0.4 is 11.5 Å². The minimum absolute atomic E-state index is 0.253. The minimum atomic E-state index is -0.570. The molecule has 0 aromatic heterocycles. The number of likely N-dealkylation sites (N-methyl/N-ethyl adjacent to an activating group) is 1. The van der Waals surface area contributed by atoms with Crippen LogP contribution in [0.25, 0.3) is 0 Å². The van der Waals surface area contributed by atoms with Crippen molar-refractivity contribution < 1.29 is 4.92 Å². The maximum absolute atomic E-state index is 10.3. The van der Waals surface area contributed by atoms with Gasteiger partial charge in [0, 0.05) is 18.0 Å². The summed E-state index contributed by atoms with van der Waals surface area (Å²) in [4.78, 5) is 11.7. The quantitative estimate of drug-likeness (QED) is 0.417. The third kappa shape index (κ3) is 4.48. The van der Waals surface area contributed by atoms with Gasteiger partial charge in [0.2, 0.25) is 6.54 Å². The number of benzene rings is 1. The Balaban J connectivity index is 2.54. The van der Waals surface area contributed by atoms with Crippen molar-refractivity contribution >= 4 is 0 Å². The molecule has 0 amide bonds. The van der Waals surface area contributed by atoms with Gasteiger partial charge in [-0.1, -0.05) is 24.3 Å². The Bertz CT molecular complexity index is 366. The van der Waals surface area contributed by atoms with E-state index in [2.05, 4.69) is 0 Å². The molecule has 0 saturated carbocycles. The largest absolute Gasteiger partial charge is 0.326 e. The lowest BCUT2D eigenvalue weighted by Crippen LogP contribution is -2.43. The van der Waals surface area contributed by atoms with Gasteiger partial charge >= 0.3 is 0 Å². The van der Waals surface area contributed by atoms with Crippen LogP contribution in [0, 0.1) is 10.1 Å². The van der Waals surface area contributed by atoms with Crippen molar-refractivity contribution in [3.8, 4) is 0 Å². The normalized spacial score (nSPS) is 12.7. The van der Waals surface area contributed by atoms with Crippen molar-refractivity contribution in [2.24, 2.45) is 11.5 Å². The van der Waals surface area contributed by atoms with Gasteiger partial charge in [0.15, 0.2) is 0 Å². The highest BCUT2D eigenvalue weighted by atomic mass is 16.6. The van der Waals surface area contributed by atoms with Crippen LogP contribution in [0.1, 0.15) is 11.1 Å². The fourth-order valence-corrected chi connectivity index (χ4v) is 1.48. The van der Waals surface area contributed by atoms with Gasteiger partial charge in [-0.25, -0.2) is 0 Å². The maximum atomic E-state index is 10.3. The third-order valence-electron chi connectivity index (χ3n) is 2.59. The molecular formula is C11H18N4O2. The van der Waals surface area contributed by atoms with Gasteiger partial charge in [-0.05, 0) is 18.2 Å². The highest BCUT2D eigenvalue weighted by Crippen LogP contribution is 2.07. The molecule has 1 atom stereocenters. The molecule has 1 aromatic rings. The summed E-state index contributed by atoms with van der Waals surface area (Å²) in [6.45, 7) is 0.841. The van der Waals surface area contributed by atoms with Gasteiger partial charge in [-0.3, -0.25) is 15.0 Å². The summed E-state index contributed by atoms with van der Waals surface area (Å²) < 4.78 is 0. The Labute approximate surface area is 100 Å². The zero-order chi connectivity index (χ0) is 12.8. The van der Waals surface area contributed by atoms with Crippen LogP contribution in [0.5, 0.6) is 0 Å². The molecule has 94 valence electrons. The molecule has 0 spiro atoms. The molecule has 0 heterocycles. The lowest BCUT2D eigenvalue weighted by Gasteiger charge is -2.21. The zero-order valence-electron chi connectivity index (χ0n) is 9.87. The molecule has 0 aliphatic rings. The molecule has 6 nitrogen and oxygen atoms in total. The van der Waals surface area contributed by atoms with E-state index in [4.69, 9.17) is 11.5 Å². The van der Waals surface area contributed by atoms with E-state index in [1.165, 1.54) is 0 Å². The van der Waals surface area contributed by atoms with Gasteiger partial charge in [0.05, 0.1) is 0 Å². The van der Waals surface area contributed by atoms with E-state index in [0.717, 1.165) is 11.1 Å². The first-order valence-corrected chi connectivity index (χ1v) is 5.38. The van der Waals surface area contributed by atoms with E-state index in [1.54, 1.807) is 11.9 Å². The number of rotatable bonds is 6. The predicted octanol–water partition coefficient (Wildman–Crippen LogP) is 0.139. The van der Waals surface area contributed by atoms with Gasteiger partial charge in [0.1, 0.15) is 6.17 Å². The second kappa shape index (κ2) is 6.29. The lowest BCUT2D eigenvalue weighted by molar-refractivity contribution is -0.486. The van der Waals surface area contributed by atoms with Crippen LogP contribution in [0.3, 0.4) is 0 Å². The fraction of sp³-hybridized carbons (Fsp3) is 0.455. The second-order valence-corrected chi connectivity index (χ2v) is 4.02. The Kier molecular flexibility index (Phi) is 5.02. The van der Waals surface area contributed by atoms with E-state index < -0.39 is 11.1 Å². The summed E-state index contributed by atoms with van der Waals surface area (Å²) in [7, 11) is 1.77. The van der Waals surface area contributed by atoms with Crippen LogP contribution in [0.15, 0.2) is 24.3 Å². The molecule has 17 heavy (non-hydrogen) atoms. The number of nitro groups is 1. The standard InChI is InChI=1S/C11H18N4O2/c1-14(11(13)8-15(16)17)7-10-4-2-9(6-12)3-5-10/h2-5,11H,6-8,12-13H2,1H3. The molecule has 0 aliphatic heterocycles. The van der Waals surface area contributed by atoms with Gasteiger partial charge in [-0.15, -0.1) is 0 Å². The van der Waals surface area contributed by atoms with Crippen molar-refractivity contribution in [3.63, 3.8) is 0 Å². The predicted molar refractivity (Wildman–Crippen MR) is 65.6 cm³/mol. The molecule has 0 saturated heterocycles. The van der Waals surface area contributed by atoms with Gasteiger partial charge in [-0.2, -0.15) is 0 Å². The SMILES string of the molecule is CN(Cc1ccc(CN)cc1)C(N)C[N+](=O)[O-]. The first-order chi connectivity index (χ1) is 8.02. The lowest BCUT2D eigenvalue weighted by atomic mass is 10.1. The molecule has 6 heteroatoms. The molecule has 0 radical (unpaired) electrons. The second-order valence-electron chi connectivity index (χ2n) is 4.02. The van der Waals surface area contributed by atoms with Crippen LogP contribution in [-0.2, 0) is 13.1 Å². The summed E-state index contributed by atoms with van der Waals surface area (Å²) in [5, 5.41) is 10.3. The van der Waals surface area contributed by atoms with E-state index in [0.29, 0.717) is 13.1 Å². The Morgan fingerprint density at radius 3 is 2.35 bits per heavy atom. The summed E-state index contributed by atoms with van der Waals surface area (Å²) in [6.07, 6.45) is -0.570. The van der Waals surface area contributed by atoms with Gasteiger partial charge in [0.25, 0.3) is 0 Å². The van der Waals surface area contributed by atoms with Crippen molar-refractivity contribution in [1.29, 1.82) is 0 Å². The number of nitrogens with two attached hydrogens (primary N) is 2. The first kappa shape index (κ1) is 13.6. The summed E-state index contributed by atoms with van der Waals surface area (Å²) in [5.41, 5.74) is 13.3. The molecule has 0 fully saturated rings. The van der Waals surface area contributed by atoms with Crippen LogP contribution >= 0.6 is 0 Å².